The third-order valence-electron chi connectivity index (χ3n) is 3.88. The molecular formula is C17H23NO. The molecule has 19 heavy (non-hydrogen) atoms. The zero-order chi connectivity index (χ0) is 13.7. The number of nitrogens with zero attached hydrogens (tertiary/aromatic N) is 1. The molecule has 1 aromatic heterocycles. The fraction of sp³-hybridized carbons (Fsp3) is 0.471. The maximum Gasteiger partial charge on any atom is 0.0839 e. The quantitative estimate of drug-likeness (QED) is 0.827. The molecule has 0 fully saturated rings. The lowest BCUT2D eigenvalue weighted by atomic mass is 9.88. The van der Waals surface area contributed by atoms with E-state index in [-0.39, 0.29) is 0 Å². The summed E-state index contributed by atoms with van der Waals surface area (Å²) >= 11 is 0. The molecule has 2 atom stereocenters. The minimum atomic E-state index is -0.407. The van der Waals surface area contributed by atoms with Crippen molar-refractivity contribution >= 4 is 10.9 Å². The highest BCUT2D eigenvalue weighted by molar-refractivity contribution is 5.81. The van der Waals surface area contributed by atoms with Gasteiger partial charge in [-0.2, -0.15) is 0 Å². The maximum absolute atomic E-state index is 10.7. The number of pyridine rings is 1. The second kappa shape index (κ2) is 6.67. The van der Waals surface area contributed by atoms with Gasteiger partial charge in [0.2, 0.25) is 0 Å². The molecule has 0 spiro atoms. The van der Waals surface area contributed by atoms with Crippen molar-refractivity contribution in [2.45, 2.75) is 45.6 Å². The van der Waals surface area contributed by atoms with Gasteiger partial charge in [-0.1, -0.05) is 57.4 Å². The van der Waals surface area contributed by atoms with Gasteiger partial charge < -0.3 is 5.11 Å². The highest BCUT2D eigenvalue weighted by Crippen LogP contribution is 2.32. The standard InChI is InChI=1S/C17H23NO/c1-3-5-8-13(4-2)17(19)15-11-6-9-14-10-7-12-18-16(14)15/h6-7,9-13,17,19H,3-5,8H2,1-2H3. The van der Waals surface area contributed by atoms with E-state index in [1.54, 1.807) is 6.20 Å². The van der Waals surface area contributed by atoms with Crippen LogP contribution in [0.4, 0.5) is 0 Å². The molecule has 2 nitrogen and oxygen atoms in total. The first-order chi connectivity index (χ1) is 9.27. The van der Waals surface area contributed by atoms with Gasteiger partial charge in [0.25, 0.3) is 0 Å². The van der Waals surface area contributed by atoms with Crippen molar-refractivity contribution in [1.29, 1.82) is 0 Å². The summed E-state index contributed by atoms with van der Waals surface area (Å²) in [5, 5.41) is 11.8. The van der Waals surface area contributed by atoms with Gasteiger partial charge in [-0.25, -0.2) is 0 Å². The number of aliphatic hydroxyl groups excluding tert-OH is 1. The minimum absolute atomic E-state index is 0.326. The summed E-state index contributed by atoms with van der Waals surface area (Å²) in [6.07, 6.45) is 5.83. The Bertz CT molecular complexity index is 518. The number of para-hydroxylation sites is 1. The first-order valence-corrected chi connectivity index (χ1v) is 7.29. The van der Waals surface area contributed by atoms with E-state index in [4.69, 9.17) is 0 Å². The van der Waals surface area contributed by atoms with Crippen LogP contribution in [0.3, 0.4) is 0 Å². The zero-order valence-electron chi connectivity index (χ0n) is 11.8. The molecule has 2 rings (SSSR count). The van der Waals surface area contributed by atoms with E-state index in [1.807, 2.05) is 30.3 Å². The van der Waals surface area contributed by atoms with E-state index in [9.17, 15) is 5.11 Å². The summed E-state index contributed by atoms with van der Waals surface area (Å²) < 4.78 is 0. The number of rotatable bonds is 6. The SMILES string of the molecule is CCCCC(CC)C(O)c1cccc2cccnc12. The number of aliphatic hydroxyl groups is 1. The van der Waals surface area contributed by atoms with Crippen LogP contribution in [-0.2, 0) is 0 Å². The van der Waals surface area contributed by atoms with Crippen LogP contribution in [0.1, 0.15) is 51.2 Å². The molecule has 1 heterocycles. The largest absolute Gasteiger partial charge is 0.388 e. The maximum atomic E-state index is 10.7. The van der Waals surface area contributed by atoms with Crippen molar-refractivity contribution in [3.63, 3.8) is 0 Å². The van der Waals surface area contributed by atoms with Crippen molar-refractivity contribution in [3.05, 3.63) is 42.1 Å². The van der Waals surface area contributed by atoms with Crippen molar-refractivity contribution in [3.8, 4) is 0 Å². The molecule has 1 N–H and O–H groups in total. The molecule has 2 unspecified atom stereocenters. The Morgan fingerprint density at radius 3 is 2.68 bits per heavy atom. The van der Waals surface area contributed by atoms with Crippen LogP contribution in [0.15, 0.2) is 36.5 Å². The summed E-state index contributed by atoms with van der Waals surface area (Å²) in [6, 6.07) is 10.0. The summed E-state index contributed by atoms with van der Waals surface area (Å²) in [5.74, 6) is 0.326. The van der Waals surface area contributed by atoms with Gasteiger partial charge >= 0.3 is 0 Å². The molecular weight excluding hydrogens is 234 g/mol. The van der Waals surface area contributed by atoms with Crippen molar-refractivity contribution in [1.82, 2.24) is 4.98 Å². The third kappa shape index (κ3) is 3.13. The zero-order valence-corrected chi connectivity index (χ0v) is 11.8. The molecule has 2 heteroatoms. The molecule has 1 aromatic carbocycles. The van der Waals surface area contributed by atoms with Gasteiger partial charge in [-0.3, -0.25) is 4.98 Å². The van der Waals surface area contributed by atoms with E-state index in [1.165, 1.54) is 12.8 Å². The van der Waals surface area contributed by atoms with E-state index >= 15 is 0 Å². The Labute approximate surface area is 115 Å². The van der Waals surface area contributed by atoms with Crippen LogP contribution in [0.2, 0.25) is 0 Å². The number of benzene rings is 1. The van der Waals surface area contributed by atoms with Crippen LogP contribution >= 0.6 is 0 Å². The van der Waals surface area contributed by atoms with Crippen molar-refractivity contribution < 1.29 is 5.11 Å². The Morgan fingerprint density at radius 2 is 1.95 bits per heavy atom. The fourth-order valence-electron chi connectivity index (χ4n) is 2.67. The third-order valence-corrected chi connectivity index (χ3v) is 3.88. The van der Waals surface area contributed by atoms with Gasteiger partial charge in [0.1, 0.15) is 0 Å². The van der Waals surface area contributed by atoms with Gasteiger partial charge in [0.05, 0.1) is 11.6 Å². The Balaban J connectivity index is 2.31. The predicted molar refractivity (Wildman–Crippen MR) is 80.0 cm³/mol. The lowest BCUT2D eigenvalue weighted by Gasteiger charge is -2.22. The summed E-state index contributed by atoms with van der Waals surface area (Å²) in [7, 11) is 0. The van der Waals surface area contributed by atoms with Gasteiger partial charge in [-0.15, -0.1) is 0 Å². The number of hydrogen-bond donors (Lipinski definition) is 1. The average Bonchev–Trinajstić information content (AvgIpc) is 2.47. The molecule has 102 valence electrons. The number of fused-ring (bicyclic) bond motifs is 1. The number of hydrogen-bond acceptors (Lipinski definition) is 2. The van der Waals surface area contributed by atoms with E-state index in [2.05, 4.69) is 18.8 Å². The molecule has 0 aliphatic carbocycles. The Hall–Kier alpha value is -1.41. The van der Waals surface area contributed by atoms with Crippen LogP contribution in [0, 0.1) is 5.92 Å². The molecule has 0 saturated carbocycles. The van der Waals surface area contributed by atoms with Crippen LogP contribution < -0.4 is 0 Å². The highest BCUT2D eigenvalue weighted by Gasteiger charge is 2.20. The molecule has 0 aliphatic rings. The fourth-order valence-corrected chi connectivity index (χ4v) is 2.67. The average molecular weight is 257 g/mol. The van der Waals surface area contributed by atoms with Gasteiger partial charge in [-0.05, 0) is 18.4 Å². The van der Waals surface area contributed by atoms with Crippen molar-refractivity contribution in [2.24, 2.45) is 5.92 Å². The monoisotopic (exact) mass is 257 g/mol. The Morgan fingerprint density at radius 1 is 1.16 bits per heavy atom. The summed E-state index contributed by atoms with van der Waals surface area (Å²) in [5.41, 5.74) is 1.91. The second-order valence-electron chi connectivity index (χ2n) is 5.18. The summed E-state index contributed by atoms with van der Waals surface area (Å²) in [6.45, 7) is 4.35. The van der Waals surface area contributed by atoms with E-state index < -0.39 is 6.10 Å². The van der Waals surface area contributed by atoms with Crippen LogP contribution in [0.25, 0.3) is 10.9 Å². The normalized spacial score (nSPS) is 14.5. The van der Waals surface area contributed by atoms with Gasteiger partial charge in [0.15, 0.2) is 0 Å². The number of unbranched alkanes of at least 4 members (excludes halogenated alkanes) is 1. The summed E-state index contributed by atoms with van der Waals surface area (Å²) in [4.78, 5) is 4.44. The van der Waals surface area contributed by atoms with Crippen molar-refractivity contribution in [2.75, 3.05) is 0 Å². The second-order valence-corrected chi connectivity index (χ2v) is 5.18. The van der Waals surface area contributed by atoms with Gasteiger partial charge in [0, 0.05) is 17.1 Å². The molecule has 0 radical (unpaired) electrons. The van der Waals surface area contributed by atoms with Crippen LogP contribution in [0.5, 0.6) is 0 Å². The predicted octanol–water partition coefficient (Wildman–Crippen LogP) is 4.48. The van der Waals surface area contributed by atoms with E-state index in [0.717, 1.165) is 29.3 Å². The molecule has 0 saturated heterocycles. The Kier molecular flexibility index (Phi) is 4.92. The minimum Gasteiger partial charge on any atom is -0.388 e. The first-order valence-electron chi connectivity index (χ1n) is 7.29. The molecule has 0 bridgehead atoms. The number of aromatic nitrogens is 1. The van der Waals surface area contributed by atoms with Crippen LogP contribution in [-0.4, -0.2) is 10.1 Å². The topological polar surface area (TPSA) is 33.1 Å². The van der Waals surface area contributed by atoms with E-state index in [0.29, 0.717) is 5.92 Å². The smallest absolute Gasteiger partial charge is 0.0839 e. The highest BCUT2D eigenvalue weighted by atomic mass is 16.3. The molecule has 0 aliphatic heterocycles. The lowest BCUT2D eigenvalue weighted by molar-refractivity contribution is 0.100. The lowest BCUT2D eigenvalue weighted by Crippen LogP contribution is -2.12. The molecule has 2 aromatic rings. The molecule has 0 amide bonds. The first kappa shape index (κ1) is 14.0.